The zero-order valence-corrected chi connectivity index (χ0v) is 11.5. The number of aryl methyl sites for hydroxylation is 1. The van der Waals surface area contributed by atoms with Crippen molar-refractivity contribution >= 4 is 0 Å². The molecule has 96 valence electrons. The van der Waals surface area contributed by atoms with E-state index in [-0.39, 0.29) is 0 Å². The fourth-order valence-corrected chi connectivity index (χ4v) is 2.01. The van der Waals surface area contributed by atoms with E-state index in [0.717, 1.165) is 12.0 Å². The minimum Gasteiger partial charge on any atom is -0.386 e. The first-order chi connectivity index (χ1) is 8.04. The summed E-state index contributed by atoms with van der Waals surface area (Å²) in [4.78, 5) is 0. The Morgan fingerprint density at radius 1 is 0.941 bits per heavy atom. The molecule has 1 rings (SSSR count). The van der Waals surface area contributed by atoms with Crippen LogP contribution in [0.1, 0.15) is 64.0 Å². The molecule has 0 spiro atoms. The van der Waals surface area contributed by atoms with Crippen LogP contribution in [-0.2, 0) is 12.0 Å². The molecule has 0 bridgehead atoms. The normalized spacial score (nSPS) is 11.8. The van der Waals surface area contributed by atoms with Gasteiger partial charge in [0.25, 0.3) is 0 Å². The highest BCUT2D eigenvalue weighted by atomic mass is 16.3. The highest BCUT2D eigenvalue weighted by Gasteiger charge is 2.14. The topological polar surface area (TPSA) is 20.2 Å². The van der Waals surface area contributed by atoms with E-state index in [4.69, 9.17) is 0 Å². The third kappa shape index (κ3) is 5.36. The number of rotatable bonds is 7. The minimum absolute atomic E-state index is 0.723. The van der Waals surface area contributed by atoms with Crippen LogP contribution in [0.3, 0.4) is 0 Å². The van der Waals surface area contributed by atoms with Gasteiger partial charge >= 0.3 is 0 Å². The fourth-order valence-electron chi connectivity index (χ4n) is 2.01. The number of benzene rings is 1. The van der Waals surface area contributed by atoms with Crippen LogP contribution < -0.4 is 0 Å². The van der Waals surface area contributed by atoms with Gasteiger partial charge in [-0.2, -0.15) is 0 Å². The number of unbranched alkanes of at least 4 members (excludes halogenated alkanes) is 4. The van der Waals surface area contributed by atoms with Crippen LogP contribution in [0, 0.1) is 0 Å². The minimum atomic E-state index is -0.723. The molecular formula is C16H26O. The second-order valence-corrected chi connectivity index (χ2v) is 5.42. The highest BCUT2D eigenvalue weighted by molar-refractivity contribution is 5.26. The van der Waals surface area contributed by atoms with Crippen molar-refractivity contribution in [3.63, 3.8) is 0 Å². The van der Waals surface area contributed by atoms with Crippen LogP contribution in [-0.4, -0.2) is 5.11 Å². The SMILES string of the molecule is CCCCCCCc1ccc(C(C)(C)O)cc1. The second kappa shape index (κ2) is 6.80. The monoisotopic (exact) mass is 234 g/mol. The average molecular weight is 234 g/mol. The summed E-state index contributed by atoms with van der Waals surface area (Å²) in [6.45, 7) is 5.90. The molecule has 1 N–H and O–H groups in total. The standard InChI is InChI=1S/C16H26O/c1-4-5-6-7-8-9-14-10-12-15(13-11-14)16(2,3)17/h10-13,17H,4-9H2,1-3H3. The molecule has 0 aliphatic heterocycles. The molecule has 17 heavy (non-hydrogen) atoms. The van der Waals surface area contributed by atoms with E-state index < -0.39 is 5.60 Å². The molecule has 0 radical (unpaired) electrons. The van der Waals surface area contributed by atoms with Crippen molar-refractivity contribution in [1.29, 1.82) is 0 Å². The van der Waals surface area contributed by atoms with E-state index >= 15 is 0 Å². The van der Waals surface area contributed by atoms with E-state index in [1.54, 1.807) is 0 Å². The van der Waals surface area contributed by atoms with Crippen molar-refractivity contribution in [3.05, 3.63) is 35.4 Å². The maximum Gasteiger partial charge on any atom is 0.0840 e. The molecule has 0 unspecified atom stereocenters. The van der Waals surface area contributed by atoms with E-state index in [2.05, 4.69) is 19.1 Å². The molecule has 0 aliphatic rings. The quantitative estimate of drug-likeness (QED) is 0.692. The van der Waals surface area contributed by atoms with Crippen LogP contribution in [0.25, 0.3) is 0 Å². The Kier molecular flexibility index (Phi) is 5.70. The lowest BCUT2D eigenvalue weighted by molar-refractivity contribution is 0.0786. The number of hydrogen-bond acceptors (Lipinski definition) is 1. The molecular weight excluding hydrogens is 208 g/mol. The summed E-state index contributed by atoms with van der Waals surface area (Å²) in [6, 6.07) is 8.38. The van der Waals surface area contributed by atoms with E-state index in [1.165, 1.54) is 37.7 Å². The first-order valence-electron chi connectivity index (χ1n) is 6.86. The Labute approximate surface area is 106 Å². The van der Waals surface area contributed by atoms with Crippen molar-refractivity contribution in [2.45, 2.75) is 64.9 Å². The molecule has 0 saturated carbocycles. The van der Waals surface area contributed by atoms with E-state index in [9.17, 15) is 5.11 Å². The maximum absolute atomic E-state index is 9.85. The molecule has 0 aromatic heterocycles. The van der Waals surface area contributed by atoms with Gasteiger partial charge < -0.3 is 5.11 Å². The predicted octanol–water partition coefficient (Wildman–Crippen LogP) is 4.43. The maximum atomic E-state index is 9.85. The van der Waals surface area contributed by atoms with Crippen molar-refractivity contribution < 1.29 is 5.11 Å². The fraction of sp³-hybridized carbons (Fsp3) is 0.625. The first kappa shape index (κ1) is 14.2. The largest absolute Gasteiger partial charge is 0.386 e. The van der Waals surface area contributed by atoms with Gasteiger partial charge in [0.1, 0.15) is 0 Å². The Morgan fingerprint density at radius 2 is 1.53 bits per heavy atom. The Bertz CT molecular complexity index is 305. The van der Waals surface area contributed by atoms with Gasteiger partial charge in [0.05, 0.1) is 5.60 Å². The molecule has 1 heteroatoms. The molecule has 0 aliphatic carbocycles. The van der Waals surface area contributed by atoms with Gasteiger partial charge in [-0.1, -0.05) is 56.9 Å². The summed E-state index contributed by atoms with van der Waals surface area (Å²) in [5, 5.41) is 9.85. The summed E-state index contributed by atoms with van der Waals surface area (Å²) < 4.78 is 0. The molecule has 0 atom stereocenters. The van der Waals surface area contributed by atoms with E-state index in [0.29, 0.717) is 0 Å². The third-order valence-corrected chi connectivity index (χ3v) is 3.23. The zero-order valence-electron chi connectivity index (χ0n) is 11.5. The smallest absolute Gasteiger partial charge is 0.0840 e. The van der Waals surface area contributed by atoms with Gasteiger partial charge in [0, 0.05) is 0 Å². The first-order valence-corrected chi connectivity index (χ1v) is 6.86. The average Bonchev–Trinajstić information content (AvgIpc) is 2.28. The van der Waals surface area contributed by atoms with Crippen LogP contribution >= 0.6 is 0 Å². The van der Waals surface area contributed by atoms with Crippen molar-refractivity contribution in [1.82, 2.24) is 0 Å². The van der Waals surface area contributed by atoms with Gasteiger partial charge in [-0.15, -0.1) is 0 Å². The molecule has 0 saturated heterocycles. The summed E-state index contributed by atoms with van der Waals surface area (Å²) in [5.41, 5.74) is 1.65. The van der Waals surface area contributed by atoms with Gasteiger partial charge in [0.15, 0.2) is 0 Å². The summed E-state index contributed by atoms with van der Waals surface area (Å²) in [6.07, 6.45) is 7.80. The van der Waals surface area contributed by atoms with Crippen LogP contribution in [0.5, 0.6) is 0 Å². The second-order valence-electron chi connectivity index (χ2n) is 5.42. The number of aliphatic hydroxyl groups is 1. The lowest BCUT2D eigenvalue weighted by atomic mass is 9.96. The van der Waals surface area contributed by atoms with Gasteiger partial charge in [0.2, 0.25) is 0 Å². The Morgan fingerprint density at radius 3 is 2.06 bits per heavy atom. The van der Waals surface area contributed by atoms with Crippen molar-refractivity contribution in [2.24, 2.45) is 0 Å². The summed E-state index contributed by atoms with van der Waals surface area (Å²) in [5.74, 6) is 0. The molecule has 1 aromatic carbocycles. The molecule has 0 fully saturated rings. The molecule has 0 heterocycles. The Hall–Kier alpha value is -0.820. The molecule has 1 nitrogen and oxygen atoms in total. The van der Waals surface area contributed by atoms with Crippen LogP contribution in [0.4, 0.5) is 0 Å². The van der Waals surface area contributed by atoms with Crippen LogP contribution in [0.15, 0.2) is 24.3 Å². The van der Waals surface area contributed by atoms with Gasteiger partial charge in [-0.25, -0.2) is 0 Å². The van der Waals surface area contributed by atoms with E-state index in [1.807, 2.05) is 26.0 Å². The lowest BCUT2D eigenvalue weighted by Gasteiger charge is -2.17. The summed E-state index contributed by atoms with van der Waals surface area (Å²) in [7, 11) is 0. The Balaban J connectivity index is 2.36. The highest BCUT2D eigenvalue weighted by Crippen LogP contribution is 2.20. The van der Waals surface area contributed by atoms with Crippen LogP contribution in [0.2, 0.25) is 0 Å². The lowest BCUT2D eigenvalue weighted by Crippen LogP contribution is -2.15. The third-order valence-electron chi connectivity index (χ3n) is 3.23. The number of hydrogen-bond donors (Lipinski definition) is 1. The molecule has 0 amide bonds. The molecule has 1 aromatic rings. The zero-order chi connectivity index (χ0) is 12.7. The van der Waals surface area contributed by atoms with Crippen molar-refractivity contribution in [3.8, 4) is 0 Å². The van der Waals surface area contributed by atoms with Crippen molar-refractivity contribution in [2.75, 3.05) is 0 Å². The predicted molar refractivity (Wildman–Crippen MR) is 74.1 cm³/mol. The van der Waals surface area contributed by atoms with Gasteiger partial charge in [-0.3, -0.25) is 0 Å². The summed E-state index contributed by atoms with van der Waals surface area (Å²) >= 11 is 0. The van der Waals surface area contributed by atoms with Gasteiger partial charge in [-0.05, 0) is 37.8 Å².